The molecule has 0 bridgehead atoms. The first-order valence-corrected chi connectivity index (χ1v) is 13.5. The summed E-state index contributed by atoms with van der Waals surface area (Å²) in [5, 5.41) is 4.50. The van der Waals surface area contributed by atoms with Crippen molar-refractivity contribution >= 4 is 23.1 Å². The molecular formula is C31H28FN7O3. The lowest BCUT2D eigenvalue weighted by Crippen LogP contribution is -2.36. The average Bonchev–Trinajstić information content (AvgIpc) is 3.38. The maximum atomic E-state index is 13.4. The minimum atomic E-state index is -0.862. The largest absolute Gasteiger partial charge is 0.382 e. The molecule has 2 aromatic carbocycles. The highest BCUT2D eigenvalue weighted by Gasteiger charge is 2.27. The third kappa shape index (κ3) is 4.68. The number of likely N-dealkylation sites (tertiary alicyclic amines) is 1. The van der Waals surface area contributed by atoms with E-state index in [2.05, 4.69) is 16.1 Å². The van der Waals surface area contributed by atoms with Gasteiger partial charge in [-0.1, -0.05) is 24.3 Å². The predicted octanol–water partition coefficient (Wildman–Crippen LogP) is 3.76. The van der Waals surface area contributed by atoms with Crippen molar-refractivity contribution in [1.29, 1.82) is 0 Å². The van der Waals surface area contributed by atoms with Crippen LogP contribution in [0.2, 0.25) is 0 Å². The van der Waals surface area contributed by atoms with E-state index in [0.29, 0.717) is 41.2 Å². The van der Waals surface area contributed by atoms with Gasteiger partial charge in [-0.25, -0.2) is 13.9 Å². The molecule has 1 saturated heterocycles. The summed E-state index contributed by atoms with van der Waals surface area (Å²) in [7, 11) is 0. The summed E-state index contributed by atoms with van der Waals surface area (Å²) in [6.45, 7) is 2.95. The van der Waals surface area contributed by atoms with E-state index in [1.165, 1.54) is 41.4 Å². The summed E-state index contributed by atoms with van der Waals surface area (Å²) in [5.41, 5.74) is 16.0. The molecule has 11 heteroatoms. The van der Waals surface area contributed by atoms with E-state index in [1.807, 2.05) is 33.7 Å². The van der Waals surface area contributed by atoms with Crippen LogP contribution in [-0.4, -0.2) is 49.0 Å². The summed E-state index contributed by atoms with van der Waals surface area (Å²) in [5.74, 6) is -0.682. The summed E-state index contributed by atoms with van der Waals surface area (Å²) in [4.78, 5) is 43.6. The van der Waals surface area contributed by atoms with Gasteiger partial charge in [-0.15, -0.1) is 0 Å². The molecular weight excluding hydrogens is 537 g/mol. The molecule has 4 N–H and O–H groups in total. The first-order valence-electron chi connectivity index (χ1n) is 13.5. The van der Waals surface area contributed by atoms with Crippen molar-refractivity contribution in [1.82, 2.24) is 24.1 Å². The number of anilines is 1. The molecule has 0 aliphatic carbocycles. The number of nitrogen functional groups attached to an aromatic ring is 1. The van der Waals surface area contributed by atoms with Crippen LogP contribution in [0.1, 0.15) is 41.7 Å². The molecule has 1 aliphatic rings. The number of halogens is 1. The Morgan fingerprint density at radius 1 is 0.952 bits per heavy atom. The number of rotatable bonds is 5. The highest BCUT2D eigenvalue weighted by Crippen LogP contribution is 2.37. The molecule has 2 amide bonds. The monoisotopic (exact) mass is 565 g/mol. The molecule has 0 spiro atoms. The van der Waals surface area contributed by atoms with E-state index in [9.17, 15) is 18.8 Å². The fraction of sp³-hybridized carbons (Fsp3) is 0.194. The van der Waals surface area contributed by atoms with Crippen LogP contribution in [0.5, 0.6) is 0 Å². The Bertz CT molecular complexity index is 1890. The maximum absolute atomic E-state index is 13.4. The number of aromatic nitrogens is 4. The molecule has 5 aromatic rings. The van der Waals surface area contributed by atoms with Crippen LogP contribution < -0.4 is 17.0 Å². The number of nitrogens with two attached hydrogens (primary N) is 2. The van der Waals surface area contributed by atoms with Crippen LogP contribution in [0.3, 0.4) is 0 Å². The van der Waals surface area contributed by atoms with Crippen molar-refractivity contribution < 1.29 is 14.0 Å². The van der Waals surface area contributed by atoms with Crippen molar-refractivity contribution in [3.8, 4) is 27.9 Å². The second kappa shape index (κ2) is 10.6. The Balaban J connectivity index is 1.38. The van der Waals surface area contributed by atoms with Gasteiger partial charge in [-0.2, -0.15) is 5.10 Å². The van der Waals surface area contributed by atoms with Gasteiger partial charge >= 0.3 is 0 Å². The number of piperidine rings is 1. The first-order chi connectivity index (χ1) is 20.2. The van der Waals surface area contributed by atoms with Gasteiger partial charge in [0.15, 0.2) is 5.82 Å². The number of hydrogen-bond donors (Lipinski definition) is 2. The van der Waals surface area contributed by atoms with Gasteiger partial charge < -0.3 is 16.4 Å². The number of primary amides is 1. The van der Waals surface area contributed by atoms with E-state index in [4.69, 9.17) is 11.5 Å². The molecule has 0 atom stereocenters. The van der Waals surface area contributed by atoms with E-state index in [-0.39, 0.29) is 17.4 Å². The molecule has 0 radical (unpaired) electrons. The standard InChI is InChI=1S/C31H28FN7O3/c1-18(40)37-13-10-21(11-14-37)26-16-25(28-29(33)35-17-36-39(26)28)20-4-2-19(3-5-20)24-12-15-38(31(42)27(24)30(34)41)23-8-6-22(32)7-9-23/h2-9,12,15-17,21H,10-11,13-14H2,1H3,(H2,34,41)(H2,33,35,36). The Morgan fingerprint density at radius 2 is 1.60 bits per heavy atom. The van der Waals surface area contributed by atoms with Crippen LogP contribution >= 0.6 is 0 Å². The van der Waals surface area contributed by atoms with Gasteiger partial charge in [-0.05, 0) is 60.4 Å². The molecule has 42 heavy (non-hydrogen) atoms. The number of carbonyl (C=O) groups excluding carboxylic acids is 2. The lowest BCUT2D eigenvalue weighted by molar-refractivity contribution is -0.129. The Kier molecular flexibility index (Phi) is 6.77. The molecule has 3 aromatic heterocycles. The van der Waals surface area contributed by atoms with E-state index >= 15 is 0 Å². The molecule has 1 aliphatic heterocycles. The fourth-order valence-corrected chi connectivity index (χ4v) is 5.74. The third-order valence-electron chi connectivity index (χ3n) is 7.92. The molecule has 212 valence electrons. The zero-order chi connectivity index (χ0) is 29.5. The van der Waals surface area contributed by atoms with E-state index < -0.39 is 17.3 Å². The number of carbonyl (C=O) groups is 2. The van der Waals surface area contributed by atoms with Crippen LogP contribution in [0.15, 0.2) is 78.0 Å². The van der Waals surface area contributed by atoms with E-state index in [0.717, 1.165) is 29.7 Å². The molecule has 4 heterocycles. The molecule has 0 saturated carbocycles. The predicted molar refractivity (Wildman–Crippen MR) is 157 cm³/mol. The van der Waals surface area contributed by atoms with Crippen molar-refractivity contribution in [2.24, 2.45) is 5.73 Å². The van der Waals surface area contributed by atoms with Gasteiger partial charge in [0, 0.05) is 54.6 Å². The molecule has 1 fully saturated rings. The van der Waals surface area contributed by atoms with E-state index in [1.54, 1.807) is 13.0 Å². The molecule has 0 unspecified atom stereocenters. The second-order valence-corrected chi connectivity index (χ2v) is 10.4. The number of hydrogen-bond acceptors (Lipinski definition) is 6. The van der Waals surface area contributed by atoms with Crippen LogP contribution in [0, 0.1) is 5.82 Å². The number of amides is 2. The summed E-state index contributed by atoms with van der Waals surface area (Å²) < 4.78 is 16.5. The number of fused-ring (bicyclic) bond motifs is 1. The summed E-state index contributed by atoms with van der Waals surface area (Å²) in [6.07, 6.45) is 4.60. The highest BCUT2D eigenvalue weighted by atomic mass is 19.1. The summed E-state index contributed by atoms with van der Waals surface area (Å²) >= 11 is 0. The fourth-order valence-electron chi connectivity index (χ4n) is 5.74. The Labute approximate surface area is 240 Å². The lowest BCUT2D eigenvalue weighted by atomic mass is 9.92. The Morgan fingerprint density at radius 3 is 2.21 bits per heavy atom. The van der Waals surface area contributed by atoms with Crippen LogP contribution in [0.4, 0.5) is 10.2 Å². The van der Waals surface area contributed by atoms with Gasteiger partial charge in [0.25, 0.3) is 11.5 Å². The van der Waals surface area contributed by atoms with Crippen molar-refractivity contribution in [2.75, 3.05) is 18.8 Å². The number of nitrogens with zero attached hydrogens (tertiary/aromatic N) is 5. The van der Waals surface area contributed by atoms with Gasteiger partial charge in [0.05, 0.1) is 0 Å². The minimum absolute atomic E-state index is 0.0769. The van der Waals surface area contributed by atoms with Crippen molar-refractivity contribution in [3.05, 3.63) is 101 Å². The van der Waals surface area contributed by atoms with Crippen molar-refractivity contribution in [2.45, 2.75) is 25.7 Å². The van der Waals surface area contributed by atoms with Gasteiger partial charge in [-0.3, -0.25) is 19.0 Å². The quantitative estimate of drug-likeness (QED) is 0.332. The summed E-state index contributed by atoms with van der Waals surface area (Å²) in [6, 6.07) is 16.5. The first kappa shape index (κ1) is 26.9. The van der Waals surface area contributed by atoms with Gasteiger partial charge in [0.1, 0.15) is 23.2 Å². The Hall–Kier alpha value is -5.32. The van der Waals surface area contributed by atoms with Crippen LogP contribution in [0.25, 0.3) is 33.5 Å². The maximum Gasteiger partial charge on any atom is 0.268 e. The lowest BCUT2D eigenvalue weighted by Gasteiger charge is -2.31. The zero-order valence-corrected chi connectivity index (χ0v) is 22.8. The number of pyridine rings is 1. The van der Waals surface area contributed by atoms with Crippen molar-refractivity contribution in [3.63, 3.8) is 0 Å². The van der Waals surface area contributed by atoms with Gasteiger partial charge in [0.2, 0.25) is 5.91 Å². The number of benzene rings is 2. The highest BCUT2D eigenvalue weighted by molar-refractivity contribution is 6.00. The average molecular weight is 566 g/mol. The third-order valence-corrected chi connectivity index (χ3v) is 7.92. The molecule has 10 nitrogen and oxygen atoms in total. The zero-order valence-electron chi connectivity index (χ0n) is 22.8. The second-order valence-electron chi connectivity index (χ2n) is 10.4. The topological polar surface area (TPSA) is 142 Å². The smallest absolute Gasteiger partial charge is 0.268 e. The molecule has 6 rings (SSSR count). The normalized spacial score (nSPS) is 13.9. The van der Waals surface area contributed by atoms with Crippen LogP contribution in [-0.2, 0) is 4.79 Å². The SMILES string of the molecule is CC(=O)N1CCC(c2cc(-c3ccc(-c4ccn(-c5ccc(F)cc5)c(=O)c4C(N)=O)cc3)c3c(N)ncnn23)CC1. The minimum Gasteiger partial charge on any atom is -0.382 e.